The molecule has 3 rings (SSSR count). The van der Waals surface area contributed by atoms with Crippen LogP contribution in [-0.4, -0.2) is 50.1 Å². The molecule has 9 heteroatoms. The number of aromatic nitrogens is 3. The summed E-state index contributed by atoms with van der Waals surface area (Å²) >= 11 is 0. The topological polar surface area (TPSA) is 106 Å². The van der Waals surface area contributed by atoms with Crippen molar-refractivity contribution in [3.8, 4) is 11.3 Å². The Bertz CT molecular complexity index is 901. The molecule has 1 saturated heterocycles. The van der Waals surface area contributed by atoms with Crippen molar-refractivity contribution in [3.05, 3.63) is 36.0 Å². The van der Waals surface area contributed by atoms with E-state index in [2.05, 4.69) is 15.4 Å². The quantitative estimate of drug-likeness (QED) is 0.685. The number of aryl methyl sites for hydroxylation is 1. The molecule has 2 aromatic rings. The molecule has 0 saturated carbocycles. The molecule has 1 aliphatic rings. The van der Waals surface area contributed by atoms with E-state index in [1.54, 1.807) is 30.3 Å². The standard InChI is InChI=1S/C21H29FN6O2.2C2H6/c1-21(2,3)18(23)20(30)28-9-5-6-16(28)19(29)25-11-14-8-7-13(10-24-14)17-15(22)12-26-27(17)4;2*1-2/h7-8,10,12,16,18H,5-6,9,11,23H2,1-4H3,(H,25,29);2*1-2H3. The largest absolute Gasteiger partial charge is 0.349 e. The third-order valence-corrected chi connectivity index (χ3v) is 5.47. The minimum atomic E-state index is -0.660. The second-order valence-electron chi connectivity index (χ2n) is 8.75. The first-order chi connectivity index (χ1) is 16.1. The minimum absolute atomic E-state index is 0.194. The molecule has 1 fully saturated rings. The zero-order valence-corrected chi connectivity index (χ0v) is 21.9. The average Bonchev–Trinajstić information content (AvgIpc) is 3.45. The summed E-state index contributed by atoms with van der Waals surface area (Å²) in [6, 6.07) is 2.29. The Balaban J connectivity index is 0.00000137. The number of rotatable bonds is 5. The minimum Gasteiger partial charge on any atom is -0.349 e. The van der Waals surface area contributed by atoms with Crippen LogP contribution in [-0.2, 0) is 23.2 Å². The Labute approximate surface area is 203 Å². The van der Waals surface area contributed by atoms with Crippen LogP contribution in [0.3, 0.4) is 0 Å². The zero-order chi connectivity index (χ0) is 26.1. The summed E-state index contributed by atoms with van der Waals surface area (Å²) in [4.78, 5) is 31.4. The van der Waals surface area contributed by atoms with Crippen LogP contribution in [0.25, 0.3) is 11.3 Å². The van der Waals surface area contributed by atoms with Gasteiger partial charge in [-0.1, -0.05) is 48.5 Å². The predicted octanol–water partition coefficient (Wildman–Crippen LogP) is 3.65. The second kappa shape index (κ2) is 13.2. The van der Waals surface area contributed by atoms with Crippen LogP contribution in [0.2, 0.25) is 0 Å². The predicted molar refractivity (Wildman–Crippen MR) is 133 cm³/mol. The van der Waals surface area contributed by atoms with Crippen molar-refractivity contribution in [1.29, 1.82) is 0 Å². The number of hydrogen-bond donors (Lipinski definition) is 2. The Morgan fingerprint density at radius 3 is 2.35 bits per heavy atom. The summed E-state index contributed by atoms with van der Waals surface area (Å²) in [5, 5.41) is 6.74. The molecule has 3 heterocycles. The van der Waals surface area contributed by atoms with E-state index in [9.17, 15) is 14.0 Å². The highest BCUT2D eigenvalue weighted by molar-refractivity contribution is 5.90. The number of hydrogen-bond acceptors (Lipinski definition) is 5. The number of carbonyl (C=O) groups is 2. The molecule has 2 unspecified atom stereocenters. The number of nitrogens with zero attached hydrogens (tertiary/aromatic N) is 4. The first-order valence-corrected chi connectivity index (χ1v) is 12.1. The molecule has 2 atom stereocenters. The SMILES string of the molecule is CC.CC.Cn1ncc(F)c1-c1ccc(CNC(=O)C2CCCN2C(=O)C(N)C(C)(C)C)nc1. The molecule has 3 N–H and O–H groups in total. The Morgan fingerprint density at radius 1 is 1.21 bits per heavy atom. The van der Waals surface area contributed by atoms with Gasteiger partial charge in [0.1, 0.15) is 11.7 Å². The molecule has 8 nitrogen and oxygen atoms in total. The second-order valence-corrected chi connectivity index (χ2v) is 8.75. The molecule has 0 aliphatic carbocycles. The van der Waals surface area contributed by atoms with Crippen LogP contribution in [0.4, 0.5) is 4.39 Å². The van der Waals surface area contributed by atoms with E-state index in [-0.39, 0.29) is 23.8 Å². The maximum Gasteiger partial charge on any atom is 0.243 e. The van der Waals surface area contributed by atoms with Crippen LogP contribution in [0, 0.1) is 11.2 Å². The van der Waals surface area contributed by atoms with Crippen LogP contribution in [0.1, 0.15) is 67.0 Å². The van der Waals surface area contributed by atoms with E-state index in [1.165, 1.54) is 4.68 Å². The first kappa shape index (κ1) is 29.2. The number of likely N-dealkylation sites (tertiary alicyclic amines) is 1. The molecule has 0 spiro atoms. The normalized spacial score (nSPS) is 16.1. The zero-order valence-electron chi connectivity index (χ0n) is 21.9. The van der Waals surface area contributed by atoms with Gasteiger partial charge in [0.2, 0.25) is 11.8 Å². The van der Waals surface area contributed by atoms with E-state index >= 15 is 0 Å². The van der Waals surface area contributed by atoms with Gasteiger partial charge in [-0.05, 0) is 30.4 Å². The fraction of sp³-hybridized carbons (Fsp3) is 0.600. The van der Waals surface area contributed by atoms with Crippen molar-refractivity contribution in [3.63, 3.8) is 0 Å². The molecular weight excluding hydrogens is 435 g/mol. The Morgan fingerprint density at radius 2 is 1.85 bits per heavy atom. The smallest absolute Gasteiger partial charge is 0.243 e. The Kier molecular flexibility index (Phi) is 11.3. The molecular formula is C25H41FN6O2. The van der Waals surface area contributed by atoms with Crippen molar-refractivity contribution in [2.45, 2.75) is 79.9 Å². The van der Waals surface area contributed by atoms with Crippen LogP contribution >= 0.6 is 0 Å². The van der Waals surface area contributed by atoms with Gasteiger partial charge in [0.15, 0.2) is 5.82 Å². The van der Waals surface area contributed by atoms with Gasteiger partial charge >= 0.3 is 0 Å². The van der Waals surface area contributed by atoms with E-state index in [0.717, 1.165) is 12.6 Å². The van der Waals surface area contributed by atoms with Gasteiger partial charge in [-0.25, -0.2) is 4.39 Å². The molecule has 0 aromatic carbocycles. The van der Waals surface area contributed by atoms with Crippen LogP contribution < -0.4 is 11.1 Å². The highest BCUT2D eigenvalue weighted by Gasteiger charge is 2.39. The fourth-order valence-electron chi connectivity index (χ4n) is 3.55. The highest BCUT2D eigenvalue weighted by Crippen LogP contribution is 2.25. The molecule has 34 heavy (non-hydrogen) atoms. The summed E-state index contributed by atoms with van der Waals surface area (Å²) in [7, 11) is 1.66. The summed E-state index contributed by atoms with van der Waals surface area (Å²) in [6.45, 7) is 14.5. The highest BCUT2D eigenvalue weighted by atomic mass is 19.1. The fourth-order valence-corrected chi connectivity index (χ4v) is 3.55. The van der Waals surface area contributed by atoms with Crippen LogP contribution in [0.15, 0.2) is 24.5 Å². The molecule has 2 aromatic heterocycles. The molecule has 190 valence electrons. The molecule has 0 radical (unpaired) electrons. The number of nitrogens with one attached hydrogen (secondary N) is 1. The van der Waals surface area contributed by atoms with E-state index < -0.39 is 17.9 Å². The number of carbonyl (C=O) groups excluding carboxylic acids is 2. The third-order valence-electron chi connectivity index (χ3n) is 5.47. The lowest BCUT2D eigenvalue weighted by molar-refractivity contribution is -0.141. The van der Waals surface area contributed by atoms with E-state index in [4.69, 9.17) is 5.73 Å². The van der Waals surface area contributed by atoms with Crippen molar-refractivity contribution in [2.24, 2.45) is 18.2 Å². The lowest BCUT2D eigenvalue weighted by atomic mass is 9.86. The molecule has 0 bridgehead atoms. The lowest BCUT2D eigenvalue weighted by Gasteiger charge is -2.32. The van der Waals surface area contributed by atoms with Crippen molar-refractivity contribution < 1.29 is 14.0 Å². The number of pyridine rings is 1. The van der Waals surface area contributed by atoms with Crippen molar-refractivity contribution >= 4 is 11.8 Å². The van der Waals surface area contributed by atoms with E-state index in [1.807, 2.05) is 48.5 Å². The maximum atomic E-state index is 13.8. The monoisotopic (exact) mass is 476 g/mol. The Hall–Kier alpha value is -2.81. The van der Waals surface area contributed by atoms with Crippen molar-refractivity contribution in [2.75, 3.05) is 6.54 Å². The van der Waals surface area contributed by atoms with Crippen molar-refractivity contribution in [1.82, 2.24) is 25.0 Å². The lowest BCUT2D eigenvalue weighted by Crippen LogP contribution is -2.54. The third kappa shape index (κ3) is 7.09. The van der Waals surface area contributed by atoms with Crippen LogP contribution in [0.5, 0.6) is 0 Å². The van der Waals surface area contributed by atoms with Gasteiger partial charge in [0, 0.05) is 25.4 Å². The van der Waals surface area contributed by atoms with Gasteiger partial charge in [0.05, 0.1) is 24.5 Å². The average molecular weight is 477 g/mol. The molecule has 1 aliphatic heterocycles. The van der Waals surface area contributed by atoms with Gasteiger partial charge in [-0.2, -0.15) is 5.10 Å². The van der Waals surface area contributed by atoms with Gasteiger partial charge in [0.25, 0.3) is 0 Å². The summed E-state index contributed by atoms with van der Waals surface area (Å²) in [5.41, 5.74) is 7.33. The molecule has 2 amide bonds. The van der Waals surface area contributed by atoms with Gasteiger partial charge in [-0.15, -0.1) is 0 Å². The van der Waals surface area contributed by atoms with Gasteiger partial charge < -0.3 is 16.0 Å². The first-order valence-electron chi connectivity index (χ1n) is 12.1. The number of amides is 2. The van der Waals surface area contributed by atoms with Gasteiger partial charge in [-0.3, -0.25) is 19.3 Å². The summed E-state index contributed by atoms with van der Waals surface area (Å²) in [5.74, 6) is -0.828. The number of halogens is 1. The number of nitrogens with two attached hydrogens (primary N) is 1. The summed E-state index contributed by atoms with van der Waals surface area (Å²) in [6.07, 6.45) is 4.09. The summed E-state index contributed by atoms with van der Waals surface area (Å²) < 4.78 is 15.3. The van der Waals surface area contributed by atoms with E-state index in [0.29, 0.717) is 29.9 Å². The maximum absolute atomic E-state index is 13.8.